The first-order valence-corrected chi connectivity index (χ1v) is 6.40. The lowest BCUT2D eigenvalue weighted by atomic mass is 9.98. The molecule has 0 heterocycles. The van der Waals surface area contributed by atoms with Crippen LogP contribution in [0.1, 0.15) is 50.3 Å². The summed E-state index contributed by atoms with van der Waals surface area (Å²) in [5, 5.41) is 0.818. The standard InChI is InChI=1S/C14H22ClN/c1-10(2)5-4-6-14(16)12-7-8-13(15)11(3)9-12/h7-10,14H,4-6,16H2,1-3H3. The van der Waals surface area contributed by atoms with E-state index >= 15 is 0 Å². The van der Waals surface area contributed by atoms with E-state index in [0.29, 0.717) is 0 Å². The topological polar surface area (TPSA) is 26.0 Å². The molecular weight excluding hydrogens is 218 g/mol. The third kappa shape index (κ3) is 4.15. The molecule has 1 atom stereocenters. The molecule has 0 aromatic heterocycles. The molecule has 1 aromatic rings. The minimum Gasteiger partial charge on any atom is -0.324 e. The first-order valence-electron chi connectivity index (χ1n) is 6.02. The Labute approximate surface area is 104 Å². The van der Waals surface area contributed by atoms with Gasteiger partial charge in [0.15, 0.2) is 0 Å². The number of nitrogens with two attached hydrogens (primary N) is 1. The van der Waals surface area contributed by atoms with Crippen LogP contribution in [-0.4, -0.2) is 0 Å². The van der Waals surface area contributed by atoms with E-state index in [1.54, 1.807) is 0 Å². The van der Waals surface area contributed by atoms with E-state index in [2.05, 4.69) is 19.9 Å². The molecule has 2 heteroatoms. The predicted molar refractivity (Wildman–Crippen MR) is 71.8 cm³/mol. The molecule has 0 fully saturated rings. The normalized spacial score (nSPS) is 13.1. The van der Waals surface area contributed by atoms with Crippen LogP contribution in [0, 0.1) is 12.8 Å². The number of halogens is 1. The molecule has 0 aliphatic rings. The monoisotopic (exact) mass is 239 g/mol. The summed E-state index contributed by atoms with van der Waals surface area (Å²) in [6, 6.07) is 6.22. The molecule has 0 aliphatic carbocycles. The van der Waals surface area contributed by atoms with Crippen LogP contribution in [0.5, 0.6) is 0 Å². The lowest BCUT2D eigenvalue weighted by molar-refractivity contribution is 0.505. The van der Waals surface area contributed by atoms with Crippen molar-refractivity contribution in [2.45, 2.75) is 46.1 Å². The van der Waals surface area contributed by atoms with Gasteiger partial charge in [-0.15, -0.1) is 0 Å². The maximum absolute atomic E-state index is 6.16. The summed E-state index contributed by atoms with van der Waals surface area (Å²) in [5.74, 6) is 0.763. The van der Waals surface area contributed by atoms with Crippen LogP contribution in [0.25, 0.3) is 0 Å². The van der Waals surface area contributed by atoms with Crippen molar-refractivity contribution < 1.29 is 0 Å². The van der Waals surface area contributed by atoms with Gasteiger partial charge in [-0.25, -0.2) is 0 Å². The molecule has 1 nitrogen and oxygen atoms in total. The van der Waals surface area contributed by atoms with E-state index in [0.717, 1.165) is 22.9 Å². The summed E-state index contributed by atoms with van der Waals surface area (Å²) >= 11 is 5.99. The van der Waals surface area contributed by atoms with E-state index in [9.17, 15) is 0 Å². The van der Waals surface area contributed by atoms with Crippen molar-refractivity contribution in [3.8, 4) is 0 Å². The van der Waals surface area contributed by atoms with Crippen LogP contribution >= 0.6 is 11.6 Å². The molecule has 0 aliphatic heterocycles. The fraction of sp³-hybridized carbons (Fsp3) is 0.571. The van der Waals surface area contributed by atoms with Gasteiger partial charge in [0, 0.05) is 11.1 Å². The summed E-state index contributed by atoms with van der Waals surface area (Å²) < 4.78 is 0. The highest BCUT2D eigenvalue weighted by atomic mass is 35.5. The van der Waals surface area contributed by atoms with Gasteiger partial charge in [0.1, 0.15) is 0 Å². The van der Waals surface area contributed by atoms with E-state index in [1.807, 2.05) is 19.1 Å². The summed E-state index contributed by atoms with van der Waals surface area (Å²) in [7, 11) is 0. The highest BCUT2D eigenvalue weighted by molar-refractivity contribution is 6.31. The van der Waals surface area contributed by atoms with Crippen molar-refractivity contribution in [1.29, 1.82) is 0 Å². The second kappa shape index (κ2) is 6.27. The van der Waals surface area contributed by atoms with Crippen molar-refractivity contribution in [1.82, 2.24) is 0 Å². The Balaban J connectivity index is 2.52. The first kappa shape index (κ1) is 13.5. The van der Waals surface area contributed by atoms with Gasteiger partial charge in [-0.05, 0) is 36.5 Å². The number of rotatable bonds is 5. The molecule has 1 aromatic carbocycles. The Hall–Kier alpha value is -0.530. The minimum absolute atomic E-state index is 0.148. The maximum Gasteiger partial charge on any atom is 0.0435 e. The highest BCUT2D eigenvalue weighted by Gasteiger charge is 2.07. The molecule has 0 spiro atoms. The third-order valence-corrected chi connectivity index (χ3v) is 3.33. The Bertz CT molecular complexity index is 334. The van der Waals surface area contributed by atoms with E-state index in [4.69, 9.17) is 17.3 Å². The summed E-state index contributed by atoms with van der Waals surface area (Å²) in [6.07, 6.45) is 3.50. The van der Waals surface area contributed by atoms with Crippen molar-refractivity contribution in [2.24, 2.45) is 11.7 Å². The summed E-state index contributed by atoms with van der Waals surface area (Å²) in [4.78, 5) is 0. The van der Waals surface area contributed by atoms with Gasteiger partial charge in [-0.2, -0.15) is 0 Å². The van der Waals surface area contributed by atoms with Crippen molar-refractivity contribution >= 4 is 11.6 Å². The summed E-state index contributed by atoms with van der Waals surface area (Å²) in [5.41, 5.74) is 8.47. The molecule has 0 saturated carbocycles. The maximum atomic E-state index is 6.16. The zero-order valence-electron chi connectivity index (χ0n) is 10.5. The molecule has 2 N–H and O–H groups in total. The Morgan fingerprint density at radius 2 is 1.94 bits per heavy atom. The van der Waals surface area contributed by atoms with Crippen molar-refractivity contribution in [3.63, 3.8) is 0 Å². The van der Waals surface area contributed by atoms with Crippen LogP contribution in [0.2, 0.25) is 5.02 Å². The minimum atomic E-state index is 0.148. The molecule has 16 heavy (non-hydrogen) atoms. The predicted octanol–water partition coefficient (Wildman–Crippen LogP) is 4.47. The zero-order chi connectivity index (χ0) is 12.1. The van der Waals surface area contributed by atoms with Gasteiger partial charge < -0.3 is 5.73 Å². The number of aryl methyl sites for hydroxylation is 1. The first-order chi connectivity index (χ1) is 7.50. The molecule has 0 bridgehead atoms. The number of benzene rings is 1. The van der Waals surface area contributed by atoms with Gasteiger partial charge >= 0.3 is 0 Å². The van der Waals surface area contributed by atoms with Crippen LogP contribution in [-0.2, 0) is 0 Å². The van der Waals surface area contributed by atoms with Crippen LogP contribution in [0.4, 0.5) is 0 Å². The average molecular weight is 240 g/mol. The Morgan fingerprint density at radius 1 is 1.25 bits per heavy atom. The largest absolute Gasteiger partial charge is 0.324 e. The van der Waals surface area contributed by atoms with Gasteiger partial charge in [0.2, 0.25) is 0 Å². The highest BCUT2D eigenvalue weighted by Crippen LogP contribution is 2.23. The van der Waals surface area contributed by atoms with E-state index in [-0.39, 0.29) is 6.04 Å². The number of hydrogen-bond acceptors (Lipinski definition) is 1. The van der Waals surface area contributed by atoms with Crippen molar-refractivity contribution in [3.05, 3.63) is 34.3 Å². The zero-order valence-corrected chi connectivity index (χ0v) is 11.2. The Kier molecular flexibility index (Phi) is 5.30. The van der Waals surface area contributed by atoms with Crippen molar-refractivity contribution in [2.75, 3.05) is 0 Å². The second-order valence-electron chi connectivity index (χ2n) is 4.94. The molecule has 90 valence electrons. The fourth-order valence-corrected chi connectivity index (χ4v) is 1.93. The smallest absolute Gasteiger partial charge is 0.0435 e. The average Bonchev–Trinajstić information content (AvgIpc) is 2.21. The van der Waals surface area contributed by atoms with Crippen LogP contribution in [0.3, 0.4) is 0 Å². The molecule has 0 radical (unpaired) electrons. The molecule has 1 rings (SSSR count). The van der Waals surface area contributed by atoms with Gasteiger partial charge in [-0.1, -0.05) is 50.4 Å². The quantitative estimate of drug-likeness (QED) is 0.806. The lowest BCUT2D eigenvalue weighted by Crippen LogP contribution is -2.10. The lowest BCUT2D eigenvalue weighted by Gasteiger charge is -2.14. The summed E-state index contributed by atoms with van der Waals surface area (Å²) in [6.45, 7) is 6.52. The Morgan fingerprint density at radius 3 is 2.50 bits per heavy atom. The molecule has 1 unspecified atom stereocenters. The van der Waals surface area contributed by atoms with Gasteiger partial charge in [0.25, 0.3) is 0 Å². The number of hydrogen-bond donors (Lipinski definition) is 1. The third-order valence-electron chi connectivity index (χ3n) is 2.91. The van der Waals surface area contributed by atoms with Gasteiger partial charge in [-0.3, -0.25) is 0 Å². The van der Waals surface area contributed by atoms with Crippen LogP contribution < -0.4 is 5.73 Å². The molecule has 0 saturated heterocycles. The van der Waals surface area contributed by atoms with Gasteiger partial charge in [0.05, 0.1) is 0 Å². The van der Waals surface area contributed by atoms with E-state index in [1.165, 1.54) is 18.4 Å². The fourth-order valence-electron chi connectivity index (χ4n) is 1.81. The molecule has 0 amide bonds. The molecular formula is C14H22ClN. The second-order valence-corrected chi connectivity index (χ2v) is 5.35. The van der Waals surface area contributed by atoms with Crippen LogP contribution in [0.15, 0.2) is 18.2 Å². The SMILES string of the molecule is Cc1cc(C(N)CCCC(C)C)ccc1Cl. The van der Waals surface area contributed by atoms with E-state index < -0.39 is 0 Å².